The summed E-state index contributed by atoms with van der Waals surface area (Å²) in [5, 5.41) is 7.64. The van der Waals surface area contributed by atoms with Crippen molar-refractivity contribution in [2.24, 2.45) is 0 Å². The Morgan fingerprint density at radius 1 is 1.45 bits per heavy atom. The van der Waals surface area contributed by atoms with Crippen LogP contribution in [0.25, 0.3) is 5.65 Å². The molecule has 0 saturated heterocycles. The van der Waals surface area contributed by atoms with Gasteiger partial charge in [0.2, 0.25) is 0 Å². The van der Waals surface area contributed by atoms with Gasteiger partial charge in [-0.05, 0) is 25.0 Å². The molecule has 2 heterocycles. The molecule has 0 bridgehead atoms. The Kier molecular flexibility index (Phi) is 1.18. The first-order chi connectivity index (χ1) is 5.27. The fourth-order valence-corrected chi connectivity index (χ4v) is 0.998. The van der Waals surface area contributed by atoms with Crippen LogP contribution in [0.1, 0.15) is 11.1 Å². The van der Waals surface area contributed by atoms with Gasteiger partial charge in [0.15, 0.2) is 5.65 Å². The van der Waals surface area contributed by atoms with E-state index in [0.717, 1.165) is 11.2 Å². The highest BCUT2D eigenvalue weighted by molar-refractivity contribution is 5.40. The number of rotatable bonds is 0. The summed E-state index contributed by atoms with van der Waals surface area (Å²) in [6, 6.07) is 3.13. The van der Waals surface area contributed by atoms with Crippen LogP contribution in [-0.2, 0) is 0 Å². The maximum atomic E-state index is 3.88. The van der Waals surface area contributed by atoms with Crippen LogP contribution in [0.3, 0.4) is 0 Å². The van der Waals surface area contributed by atoms with Crippen molar-refractivity contribution < 1.29 is 0 Å². The first-order valence-electron chi connectivity index (χ1n) is 3.46. The Hall–Kier alpha value is -1.38. The molecule has 2 rings (SSSR count). The van der Waals surface area contributed by atoms with Crippen LogP contribution in [0.2, 0.25) is 0 Å². The van der Waals surface area contributed by atoms with Crippen molar-refractivity contribution in [1.29, 1.82) is 0 Å². The summed E-state index contributed by atoms with van der Waals surface area (Å²) < 4.78 is 1.86. The second-order valence-corrected chi connectivity index (χ2v) is 2.62. The van der Waals surface area contributed by atoms with Crippen molar-refractivity contribution >= 4 is 5.65 Å². The molecule has 3 heteroatoms. The Morgan fingerprint density at radius 3 is 3.09 bits per heavy atom. The summed E-state index contributed by atoms with van der Waals surface area (Å²) in [5.74, 6) is 0. The van der Waals surface area contributed by atoms with Crippen LogP contribution in [0.4, 0.5) is 0 Å². The van der Waals surface area contributed by atoms with E-state index in [2.05, 4.69) is 16.3 Å². The lowest BCUT2D eigenvalue weighted by Gasteiger charge is -1.97. The highest BCUT2D eigenvalue weighted by Gasteiger charge is 1.97. The third-order valence-electron chi connectivity index (χ3n) is 1.80. The van der Waals surface area contributed by atoms with E-state index >= 15 is 0 Å². The second-order valence-electron chi connectivity index (χ2n) is 2.62. The summed E-state index contributed by atoms with van der Waals surface area (Å²) in [6.07, 6.45) is 3.68. The van der Waals surface area contributed by atoms with E-state index in [1.54, 1.807) is 6.33 Å². The zero-order chi connectivity index (χ0) is 7.84. The predicted molar refractivity (Wildman–Crippen MR) is 41.3 cm³/mol. The fourth-order valence-electron chi connectivity index (χ4n) is 0.998. The quantitative estimate of drug-likeness (QED) is 0.558. The third-order valence-corrected chi connectivity index (χ3v) is 1.80. The van der Waals surface area contributed by atoms with Crippen LogP contribution in [0.15, 0.2) is 12.5 Å². The topological polar surface area (TPSA) is 30.2 Å². The van der Waals surface area contributed by atoms with Crippen molar-refractivity contribution in [3.63, 3.8) is 0 Å². The van der Waals surface area contributed by atoms with Gasteiger partial charge in [-0.25, -0.2) is 0 Å². The fraction of sp³-hybridized carbons (Fsp3) is 0.250. The molecule has 0 saturated carbocycles. The molecule has 0 amide bonds. The summed E-state index contributed by atoms with van der Waals surface area (Å²) >= 11 is 0. The molecule has 0 aromatic carbocycles. The van der Waals surface area contributed by atoms with E-state index in [0.29, 0.717) is 0 Å². The lowest BCUT2D eigenvalue weighted by Crippen LogP contribution is -1.88. The van der Waals surface area contributed by atoms with Gasteiger partial charge < -0.3 is 0 Å². The molecule has 0 unspecified atom stereocenters. The molecule has 2 aromatic rings. The Balaban J connectivity index is 2.86. The average molecular weight is 146 g/mol. The molecule has 55 valence electrons. The largest absolute Gasteiger partial charge is 0.288 e. The monoisotopic (exact) mass is 146 g/mol. The van der Waals surface area contributed by atoms with Gasteiger partial charge in [0, 0.05) is 12.3 Å². The summed E-state index contributed by atoms with van der Waals surface area (Å²) in [5.41, 5.74) is 3.12. The van der Waals surface area contributed by atoms with E-state index in [9.17, 15) is 0 Å². The maximum Gasteiger partial charge on any atom is 0.168 e. The van der Waals surface area contributed by atoms with Crippen molar-refractivity contribution in [1.82, 2.24) is 14.6 Å². The first-order valence-corrected chi connectivity index (χ1v) is 3.46. The van der Waals surface area contributed by atoms with Gasteiger partial charge >= 0.3 is 0 Å². The van der Waals surface area contributed by atoms with Gasteiger partial charge in [-0.15, -0.1) is 10.2 Å². The SMILES string of the molecule is Cc1[c]c2nncn2cc1C. The molecule has 0 spiro atoms. The van der Waals surface area contributed by atoms with Crippen molar-refractivity contribution in [3.8, 4) is 0 Å². The number of nitrogens with zero attached hydrogens (tertiary/aromatic N) is 3. The lowest BCUT2D eigenvalue weighted by molar-refractivity contribution is 1.10. The highest BCUT2D eigenvalue weighted by Crippen LogP contribution is 2.07. The van der Waals surface area contributed by atoms with Gasteiger partial charge in [-0.2, -0.15) is 0 Å². The average Bonchev–Trinajstić information content (AvgIpc) is 2.36. The van der Waals surface area contributed by atoms with Crippen LogP contribution >= 0.6 is 0 Å². The molecule has 1 radical (unpaired) electrons. The molecule has 2 aromatic heterocycles. The van der Waals surface area contributed by atoms with E-state index in [-0.39, 0.29) is 0 Å². The molecule has 0 fully saturated rings. The van der Waals surface area contributed by atoms with Crippen LogP contribution in [0, 0.1) is 19.9 Å². The molecule has 0 atom stereocenters. The predicted octanol–water partition coefficient (Wildman–Crippen LogP) is 1.15. The first kappa shape index (κ1) is 6.34. The van der Waals surface area contributed by atoms with Gasteiger partial charge in [0.1, 0.15) is 6.33 Å². The van der Waals surface area contributed by atoms with E-state index < -0.39 is 0 Å². The van der Waals surface area contributed by atoms with Crippen molar-refractivity contribution in [2.75, 3.05) is 0 Å². The zero-order valence-electron chi connectivity index (χ0n) is 6.50. The van der Waals surface area contributed by atoms with Gasteiger partial charge in [0.25, 0.3) is 0 Å². The number of hydrogen-bond donors (Lipinski definition) is 0. The van der Waals surface area contributed by atoms with Crippen LogP contribution in [-0.4, -0.2) is 14.6 Å². The number of aryl methyl sites for hydroxylation is 2. The zero-order valence-corrected chi connectivity index (χ0v) is 6.50. The number of hydrogen-bond acceptors (Lipinski definition) is 2. The molecule has 0 aliphatic rings. The summed E-state index contributed by atoms with van der Waals surface area (Å²) in [7, 11) is 0. The van der Waals surface area contributed by atoms with E-state index in [1.807, 2.05) is 24.4 Å². The van der Waals surface area contributed by atoms with Gasteiger partial charge in [-0.1, -0.05) is 0 Å². The molecule has 0 aliphatic carbocycles. The highest BCUT2D eigenvalue weighted by atomic mass is 15.2. The second kappa shape index (κ2) is 2.05. The summed E-state index contributed by atoms with van der Waals surface area (Å²) in [6.45, 7) is 4.06. The Bertz CT molecular complexity index is 353. The van der Waals surface area contributed by atoms with Crippen LogP contribution < -0.4 is 0 Å². The van der Waals surface area contributed by atoms with Crippen molar-refractivity contribution in [3.05, 3.63) is 29.7 Å². The van der Waals surface area contributed by atoms with Gasteiger partial charge in [0.05, 0.1) is 0 Å². The molecule has 11 heavy (non-hydrogen) atoms. The lowest BCUT2D eigenvalue weighted by atomic mass is 10.2. The minimum atomic E-state index is 0.785. The van der Waals surface area contributed by atoms with E-state index in [4.69, 9.17) is 0 Å². The number of fused-ring (bicyclic) bond motifs is 1. The maximum absolute atomic E-state index is 3.88. The minimum absolute atomic E-state index is 0.785. The minimum Gasteiger partial charge on any atom is -0.288 e. The standard InChI is InChI=1S/C8H8N3/c1-6-3-8-10-9-5-11(8)4-7(6)2/h4-5H,1-2H3. The molecular formula is C8H8N3. The third kappa shape index (κ3) is 0.888. The van der Waals surface area contributed by atoms with Crippen LogP contribution in [0.5, 0.6) is 0 Å². The van der Waals surface area contributed by atoms with E-state index in [1.165, 1.54) is 5.56 Å². The number of pyridine rings is 1. The van der Waals surface area contributed by atoms with Crippen molar-refractivity contribution in [2.45, 2.75) is 13.8 Å². The Morgan fingerprint density at radius 2 is 2.27 bits per heavy atom. The normalized spacial score (nSPS) is 10.7. The number of aromatic nitrogens is 3. The smallest absolute Gasteiger partial charge is 0.168 e. The molecule has 0 N–H and O–H groups in total. The van der Waals surface area contributed by atoms with Gasteiger partial charge in [-0.3, -0.25) is 4.40 Å². The Labute approximate surface area is 64.7 Å². The molecule has 0 aliphatic heterocycles. The molecular weight excluding hydrogens is 138 g/mol. The summed E-state index contributed by atoms with van der Waals surface area (Å²) in [4.78, 5) is 0. The molecule has 3 nitrogen and oxygen atoms in total.